The summed E-state index contributed by atoms with van der Waals surface area (Å²) in [5.74, 6) is 1.91. The first kappa shape index (κ1) is 44.9. The summed E-state index contributed by atoms with van der Waals surface area (Å²) >= 11 is 0. The van der Waals surface area contributed by atoms with Gasteiger partial charge in [-0.2, -0.15) is 0 Å². The van der Waals surface area contributed by atoms with Gasteiger partial charge in [0.15, 0.2) is 0 Å². The number of piperazine rings is 1. The van der Waals surface area contributed by atoms with Crippen LogP contribution in [0.1, 0.15) is 138 Å². The number of benzene rings is 2. The number of allylic oxidation sites excluding steroid dienone is 1. The third kappa shape index (κ3) is 7.95. The Kier molecular flexibility index (Phi) is 12.3. The smallest absolute Gasteiger partial charge is 0.309 e. The van der Waals surface area contributed by atoms with Crippen LogP contribution in [0.15, 0.2) is 54.6 Å². The van der Waals surface area contributed by atoms with Gasteiger partial charge in [-0.1, -0.05) is 83.2 Å². The van der Waals surface area contributed by atoms with E-state index in [0.29, 0.717) is 28.6 Å². The third-order valence-electron chi connectivity index (χ3n) is 19.7. The molecule has 5 saturated carbocycles. The van der Waals surface area contributed by atoms with Crippen LogP contribution in [-0.2, 0) is 20.9 Å². The molecule has 1 unspecified atom stereocenters. The summed E-state index contributed by atoms with van der Waals surface area (Å²) in [4.78, 5) is 30.3. The molecule has 0 radical (unpaired) electrons. The van der Waals surface area contributed by atoms with Gasteiger partial charge in [0.2, 0.25) is 0 Å². The van der Waals surface area contributed by atoms with E-state index in [-0.39, 0.29) is 34.7 Å². The van der Waals surface area contributed by atoms with Gasteiger partial charge in [-0.05, 0) is 172 Å². The Balaban J connectivity index is 0.876. The number of nitrogens with zero attached hydrogens (tertiary/aromatic N) is 2. The molecule has 10 atom stereocenters. The maximum Gasteiger partial charge on any atom is 0.309 e. The van der Waals surface area contributed by atoms with Gasteiger partial charge in [0.05, 0.1) is 11.8 Å². The molecule has 2 aromatic rings. The van der Waals surface area contributed by atoms with Gasteiger partial charge in [0.1, 0.15) is 6.10 Å². The van der Waals surface area contributed by atoms with Gasteiger partial charge in [-0.15, -0.1) is 0 Å². The Morgan fingerprint density at radius 3 is 2.26 bits per heavy atom. The first-order valence-corrected chi connectivity index (χ1v) is 24.5. The van der Waals surface area contributed by atoms with E-state index in [9.17, 15) is 14.7 Å². The maximum absolute atomic E-state index is 13.2. The van der Waals surface area contributed by atoms with Gasteiger partial charge < -0.3 is 15.2 Å². The van der Waals surface area contributed by atoms with Crippen LogP contribution in [0.25, 0.3) is 10.8 Å². The van der Waals surface area contributed by atoms with E-state index in [0.717, 1.165) is 77.0 Å². The molecule has 7 nitrogen and oxygen atoms in total. The van der Waals surface area contributed by atoms with Crippen LogP contribution in [0.3, 0.4) is 0 Å². The number of carbonyl (C=O) groups is 2. The lowest BCUT2D eigenvalue weighted by Gasteiger charge is -2.73. The number of carbonyl (C=O) groups excluding carboxylic acids is 1. The molecule has 0 bridgehead atoms. The van der Waals surface area contributed by atoms with Crippen molar-refractivity contribution >= 4 is 22.7 Å². The standard InChI is InChI=1S/C54H81N3O4/c1-37(2)41-18-23-54(26-27-55-28-29-56-30-32-57(33-31-56)36-38-14-15-39-12-10-11-13-40(39)34-38)25-24-52(8)42(47(41)54)16-17-44-51(7)21-20-45(61-46(58)35-49(3,4)48(59)60)50(5,6)43(51)19-22-53(44,52)9/h10-15,34,41-45,47,55H,1,16-33,35-36H2,2-9H3,(H,59,60)/t41?,42-,43+,44-,45+,47-,51+,52-,53-,54-/m1/s1. The minimum atomic E-state index is -1.13. The highest BCUT2D eigenvalue weighted by Crippen LogP contribution is 2.78. The van der Waals surface area contributed by atoms with Crippen molar-refractivity contribution in [3.63, 3.8) is 0 Å². The van der Waals surface area contributed by atoms with E-state index >= 15 is 0 Å². The summed E-state index contributed by atoms with van der Waals surface area (Å²) < 4.78 is 6.24. The Bertz CT molecular complexity index is 1950. The summed E-state index contributed by atoms with van der Waals surface area (Å²) in [5.41, 5.74) is 2.75. The zero-order valence-electron chi connectivity index (χ0n) is 39.4. The fourth-order valence-corrected chi connectivity index (χ4v) is 16.0. The molecule has 2 aromatic carbocycles. The molecule has 2 N–H and O–H groups in total. The monoisotopic (exact) mass is 836 g/mol. The van der Waals surface area contributed by atoms with E-state index in [1.165, 1.54) is 79.7 Å². The zero-order valence-corrected chi connectivity index (χ0v) is 39.4. The topological polar surface area (TPSA) is 82.1 Å². The van der Waals surface area contributed by atoms with Crippen LogP contribution >= 0.6 is 0 Å². The molecule has 61 heavy (non-hydrogen) atoms. The number of fused-ring (bicyclic) bond motifs is 8. The molecule has 1 heterocycles. The van der Waals surface area contributed by atoms with Crippen molar-refractivity contribution in [1.82, 2.24) is 15.1 Å². The van der Waals surface area contributed by atoms with Crippen molar-refractivity contribution in [3.8, 4) is 0 Å². The lowest BCUT2D eigenvalue weighted by molar-refractivity contribution is -0.250. The van der Waals surface area contributed by atoms with E-state index in [1.54, 1.807) is 13.8 Å². The number of aliphatic carboxylic acids is 1. The zero-order chi connectivity index (χ0) is 43.6. The van der Waals surface area contributed by atoms with Crippen LogP contribution in [0, 0.1) is 62.1 Å². The average molecular weight is 836 g/mol. The second kappa shape index (κ2) is 16.7. The van der Waals surface area contributed by atoms with Gasteiger partial charge >= 0.3 is 11.9 Å². The minimum absolute atomic E-state index is 0.0902. The molecule has 7 heteroatoms. The number of ether oxygens (including phenoxy) is 1. The van der Waals surface area contributed by atoms with Crippen molar-refractivity contribution < 1.29 is 19.4 Å². The first-order valence-electron chi connectivity index (χ1n) is 24.5. The highest BCUT2D eigenvalue weighted by molar-refractivity contribution is 5.83. The van der Waals surface area contributed by atoms with Crippen LogP contribution in [-0.4, -0.2) is 78.8 Å². The number of rotatable bonds is 13. The fraction of sp³-hybridized carbons (Fsp3) is 0.741. The number of nitrogens with one attached hydrogen (secondary N) is 1. The average Bonchev–Trinajstić information content (AvgIpc) is 3.59. The predicted octanol–water partition coefficient (Wildman–Crippen LogP) is 11.0. The van der Waals surface area contributed by atoms with Crippen LogP contribution in [0.4, 0.5) is 0 Å². The summed E-state index contributed by atoms with van der Waals surface area (Å²) in [6.07, 6.45) is 13.4. The van der Waals surface area contributed by atoms with E-state index < -0.39 is 11.4 Å². The summed E-state index contributed by atoms with van der Waals surface area (Å²) in [7, 11) is 0. The van der Waals surface area contributed by atoms with Crippen LogP contribution in [0.2, 0.25) is 0 Å². The summed E-state index contributed by atoms with van der Waals surface area (Å²) in [6.45, 7) is 32.0. The number of carboxylic acids is 1. The normalized spacial score (nSPS) is 37.6. The molecule has 0 aromatic heterocycles. The van der Waals surface area contributed by atoms with Gasteiger partial charge in [0, 0.05) is 51.2 Å². The number of carboxylic acid groups (broad SMARTS) is 1. The molecule has 8 rings (SSSR count). The summed E-state index contributed by atoms with van der Waals surface area (Å²) in [6, 6.07) is 15.6. The van der Waals surface area contributed by atoms with Crippen molar-refractivity contribution in [3.05, 3.63) is 60.2 Å². The van der Waals surface area contributed by atoms with Crippen molar-refractivity contribution in [2.24, 2.45) is 62.1 Å². The molecule has 0 spiro atoms. The second-order valence-electron chi connectivity index (χ2n) is 23.6. The molecule has 1 aliphatic heterocycles. The SMILES string of the molecule is C=C(C)C1CC[C@]2(CCNCCN3CCN(Cc4ccc5ccccc5c4)CC3)CC[C@]3(C)[C@H](CC[C@@H]4[C@@]5(C)CC[C@H](OC(=O)CC(C)(C)C(=O)O)C(C)(C)[C@@H]5CC[C@]43C)[C@@H]12. The number of hydrogen-bond donors (Lipinski definition) is 2. The second-order valence-corrected chi connectivity index (χ2v) is 23.6. The first-order chi connectivity index (χ1) is 28.8. The molecule has 6 fully saturated rings. The highest BCUT2D eigenvalue weighted by Gasteiger charge is 2.71. The minimum Gasteiger partial charge on any atom is -0.481 e. The third-order valence-corrected chi connectivity index (χ3v) is 19.7. The van der Waals surface area contributed by atoms with E-state index in [4.69, 9.17) is 4.74 Å². The van der Waals surface area contributed by atoms with Gasteiger partial charge in [-0.3, -0.25) is 19.4 Å². The molecule has 0 amide bonds. The van der Waals surface area contributed by atoms with Gasteiger partial charge in [0.25, 0.3) is 0 Å². The summed E-state index contributed by atoms with van der Waals surface area (Å²) in [5, 5.41) is 16.3. The highest BCUT2D eigenvalue weighted by atomic mass is 16.5. The molecule has 336 valence electrons. The lowest BCUT2D eigenvalue weighted by Crippen LogP contribution is -2.66. The van der Waals surface area contributed by atoms with Crippen molar-refractivity contribution in [2.45, 2.75) is 145 Å². The van der Waals surface area contributed by atoms with Crippen molar-refractivity contribution in [2.75, 3.05) is 45.8 Å². The molecular weight excluding hydrogens is 755 g/mol. The fourth-order valence-electron chi connectivity index (χ4n) is 16.0. The van der Waals surface area contributed by atoms with Crippen molar-refractivity contribution in [1.29, 1.82) is 0 Å². The Labute approximate surface area is 369 Å². The predicted molar refractivity (Wildman–Crippen MR) is 248 cm³/mol. The molecule has 1 saturated heterocycles. The number of hydrogen-bond acceptors (Lipinski definition) is 6. The van der Waals surface area contributed by atoms with E-state index in [2.05, 4.69) is 106 Å². The molecule has 6 aliphatic rings. The van der Waals surface area contributed by atoms with Crippen LogP contribution < -0.4 is 5.32 Å². The van der Waals surface area contributed by atoms with E-state index in [1.807, 2.05) is 0 Å². The maximum atomic E-state index is 13.2. The Morgan fingerprint density at radius 2 is 1.54 bits per heavy atom. The van der Waals surface area contributed by atoms with Gasteiger partial charge in [-0.25, -0.2) is 0 Å². The molecular formula is C54H81N3O4. The number of esters is 1. The Morgan fingerprint density at radius 1 is 0.820 bits per heavy atom. The Hall–Kier alpha value is -2.74. The largest absolute Gasteiger partial charge is 0.481 e. The molecule has 5 aliphatic carbocycles. The lowest BCUT2D eigenvalue weighted by atomic mass is 9.32. The van der Waals surface area contributed by atoms with Crippen LogP contribution in [0.5, 0.6) is 0 Å². The quantitative estimate of drug-likeness (QED) is 0.118.